The minimum Gasteiger partial charge on any atom is -0.338 e. The first-order valence-electron chi connectivity index (χ1n) is 7.09. The molecule has 0 aliphatic carbocycles. The van der Waals surface area contributed by atoms with Crippen molar-refractivity contribution in [2.75, 3.05) is 13.1 Å². The Labute approximate surface area is 122 Å². The molecule has 0 radical (unpaired) electrons. The maximum atomic E-state index is 12.9. The number of nitrogens with zero attached hydrogens (tertiary/aromatic N) is 2. The summed E-state index contributed by atoms with van der Waals surface area (Å²) in [6, 6.07) is 6.10. The molecule has 21 heavy (non-hydrogen) atoms. The summed E-state index contributed by atoms with van der Waals surface area (Å²) in [5.74, 6) is -0.285. The molecule has 1 aromatic carbocycles. The minimum atomic E-state index is -0.319. The van der Waals surface area contributed by atoms with Gasteiger partial charge in [0.2, 0.25) is 12.5 Å². The number of benzene rings is 1. The first kappa shape index (κ1) is 15.4. The first-order valence-corrected chi connectivity index (χ1v) is 7.09. The summed E-state index contributed by atoms with van der Waals surface area (Å²) in [5.41, 5.74) is 0.890. The minimum absolute atomic E-state index is 0.0192. The highest BCUT2D eigenvalue weighted by atomic mass is 19.1. The molecule has 0 saturated carbocycles. The number of hydrogen-bond donors (Lipinski definition) is 0. The van der Waals surface area contributed by atoms with Crippen LogP contribution in [0, 0.1) is 27.8 Å². The standard InChI is InChI=1S/C15H19FN2O3/c1-11(9-18(20)21)13-6-7-17(15(19)8-13)10-12-2-4-14(16)5-3-12/h2-5,11,13H,6-10H2,1H3. The lowest BCUT2D eigenvalue weighted by Gasteiger charge is -2.33. The second-order valence-corrected chi connectivity index (χ2v) is 5.69. The second kappa shape index (κ2) is 6.65. The average molecular weight is 294 g/mol. The molecule has 1 amide bonds. The van der Waals surface area contributed by atoms with Gasteiger partial charge in [-0.2, -0.15) is 0 Å². The van der Waals surface area contributed by atoms with Gasteiger partial charge in [-0.1, -0.05) is 19.1 Å². The van der Waals surface area contributed by atoms with Crippen LogP contribution < -0.4 is 0 Å². The summed E-state index contributed by atoms with van der Waals surface area (Å²) in [7, 11) is 0. The van der Waals surface area contributed by atoms with Crippen LogP contribution in [0.15, 0.2) is 24.3 Å². The highest BCUT2D eigenvalue weighted by molar-refractivity contribution is 5.77. The second-order valence-electron chi connectivity index (χ2n) is 5.69. The smallest absolute Gasteiger partial charge is 0.223 e. The predicted molar refractivity (Wildman–Crippen MR) is 75.6 cm³/mol. The summed E-state index contributed by atoms with van der Waals surface area (Å²) in [5, 5.41) is 10.5. The van der Waals surface area contributed by atoms with Gasteiger partial charge in [0.15, 0.2) is 0 Å². The van der Waals surface area contributed by atoms with Gasteiger partial charge < -0.3 is 4.90 Å². The highest BCUT2D eigenvalue weighted by Gasteiger charge is 2.31. The van der Waals surface area contributed by atoms with E-state index in [0.717, 1.165) is 12.0 Å². The number of halogens is 1. The lowest BCUT2D eigenvalue weighted by molar-refractivity contribution is -0.489. The normalized spacial score (nSPS) is 20.4. The molecule has 1 fully saturated rings. The van der Waals surface area contributed by atoms with E-state index in [2.05, 4.69) is 0 Å². The molecule has 1 aliphatic heterocycles. The largest absolute Gasteiger partial charge is 0.338 e. The zero-order valence-electron chi connectivity index (χ0n) is 12.0. The van der Waals surface area contributed by atoms with Crippen molar-refractivity contribution in [1.82, 2.24) is 4.90 Å². The van der Waals surface area contributed by atoms with Crippen molar-refractivity contribution in [3.8, 4) is 0 Å². The van der Waals surface area contributed by atoms with E-state index < -0.39 is 0 Å². The van der Waals surface area contributed by atoms with Gasteiger partial charge in [-0.05, 0) is 30.0 Å². The zero-order valence-corrected chi connectivity index (χ0v) is 12.0. The van der Waals surface area contributed by atoms with E-state index >= 15 is 0 Å². The first-order chi connectivity index (χ1) is 9.95. The third-order valence-corrected chi connectivity index (χ3v) is 4.09. The van der Waals surface area contributed by atoms with Crippen molar-refractivity contribution >= 4 is 5.91 Å². The third kappa shape index (κ3) is 4.24. The Morgan fingerprint density at radius 2 is 2.10 bits per heavy atom. The molecule has 5 nitrogen and oxygen atoms in total. The van der Waals surface area contributed by atoms with Crippen LogP contribution in [0.4, 0.5) is 4.39 Å². The Balaban J connectivity index is 1.90. The van der Waals surface area contributed by atoms with E-state index in [1.807, 2.05) is 6.92 Å². The maximum Gasteiger partial charge on any atom is 0.223 e. The van der Waals surface area contributed by atoms with Crippen molar-refractivity contribution < 1.29 is 14.1 Å². The molecule has 1 aromatic rings. The number of hydrogen-bond acceptors (Lipinski definition) is 3. The van der Waals surface area contributed by atoms with Gasteiger partial charge in [0.1, 0.15) is 5.82 Å². The molecule has 1 heterocycles. The quantitative estimate of drug-likeness (QED) is 0.619. The highest BCUT2D eigenvalue weighted by Crippen LogP contribution is 2.26. The van der Waals surface area contributed by atoms with Gasteiger partial charge in [0.05, 0.1) is 0 Å². The number of nitro groups is 1. The Morgan fingerprint density at radius 3 is 2.67 bits per heavy atom. The monoisotopic (exact) mass is 294 g/mol. The van der Waals surface area contributed by atoms with E-state index in [9.17, 15) is 19.3 Å². The van der Waals surface area contributed by atoms with Crippen LogP contribution in [-0.4, -0.2) is 28.8 Å². The van der Waals surface area contributed by atoms with Crippen LogP contribution in [0.1, 0.15) is 25.3 Å². The molecule has 2 atom stereocenters. The van der Waals surface area contributed by atoms with E-state index in [4.69, 9.17) is 0 Å². The lowest BCUT2D eigenvalue weighted by Crippen LogP contribution is -2.40. The van der Waals surface area contributed by atoms with Gasteiger partial charge in [-0.15, -0.1) is 0 Å². The Bertz CT molecular complexity index is 518. The number of carbonyl (C=O) groups is 1. The molecule has 1 aliphatic rings. The van der Waals surface area contributed by atoms with Crippen LogP contribution >= 0.6 is 0 Å². The lowest BCUT2D eigenvalue weighted by atomic mass is 9.85. The topological polar surface area (TPSA) is 63.5 Å². The van der Waals surface area contributed by atoms with Crippen LogP contribution in [0.3, 0.4) is 0 Å². The van der Waals surface area contributed by atoms with E-state index in [1.54, 1.807) is 17.0 Å². The van der Waals surface area contributed by atoms with Crippen molar-refractivity contribution in [2.45, 2.75) is 26.3 Å². The van der Waals surface area contributed by atoms with Crippen molar-refractivity contribution in [1.29, 1.82) is 0 Å². The molecular formula is C15H19FN2O3. The number of piperidine rings is 1. The Hall–Kier alpha value is -1.98. The molecule has 0 N–H and O–H groups in total. The number of rotatable bonds is 5. The van der Waals surface area contributed by atoms with Crippen LogP contribution in [0.5, 0.6) is 0 Å². The molecule has 0 bridgehead atoms. The molecule has 6 heteroatoms. The fraction of sp³-hybridized carbons (Fsp3) is 0.533. The molecule has 0 spiro atoms. The fourth-order valence-electron chi connectivity index (χ4n) is 2.75. The average Bonchev–Trinajstić information content (AvgIpc) is 2.42. The molecule has 1 saturated heterocycles. The molecule has 2 rings (SSSR count). The van der Waals surface area contributed by atoms with Gasteiger partial charge in [0, 0.05) is 30.4 Å². The van der Waals surface area contributed by atoms with E-state index in [-0.39, 0.29) is 35.0 Å². The van der Waals surface area contributed by atoms with Gasteiger partial charge in [0.25, 0.3) is 0 Å². The Kier molecular flexibility index (Phi) is 4.88. The fourth-order valence-corrected chi connectivity index (χ4v) is 2.75. The number of likely N-dealkylation sites (tertiary alicyclic amines) is 1. The zero-order chi connectivity index (χ0) is 15.4. The van der Waals surface area contributed by atoms with Crippen LogP contribution in [0.25, 0.3) is 0 Å². The summed E-state index contributed by atoms with van der Waals surface area (Å²) in [6.45, 7) is 2.81. The van der Waals surface area contributed by atoms with Crippen molar-refractivity contribution in [3.05, 3.63) is 45.8 Å². The maximum absolute atomic E-state index is 12.9. The van der Waals surface area contributed by atoms with Crippen LogP contribution in [-0.2, 0) is 11.3 Å². The van der Waals surface area contributed by atoms with Crippen LogP contribution in [0.2, 0.25) is 0 Å². The third-order valence-electron chi connectivity index (χ3n) is 4.09. The summed E-state index contributed by atoms with van der Waals surface area (Å²) in [6.07, 6.45) is 1.14. The van der Waals surface area contributed by atoms with E-state index in [0.29, 0.717) is 19.5 Å². The molecule has 0 aromatic heterocycles. The Morgan fingerprint density at radius 1 is 1.43 bits per heavy atom. The number of amides is 1. The summed E-state index contributed by atoms with van der Waals surface area (Å²) in [4.78, 5) is 24.1. The summed E-state index contributed by atoms with van der Waals surface area (Å²) >= 11 is 0. The SMILES string of the molecule is CC(C[N+](=O)[O-])C1CCN(Cc2ccc(F)cc2)C(=O)C1. The van der Waals surface area contributed by atoms with Gasteiger partial charge in [-0.3, -0.25) is 14.9 Å². The van der Waals surface area contributed by atoms with Crippen molar-refractivity contribution in [2.24, 2.45) is 11.8 Å². The van der Waals surface area contributed by atoms with Gasteiger partial charge in [-0.25, -0.2) is 4.39 Å². The molecule has 2 unspecified atom stereocenters. The molecule has 114 valence electrons. The molecular weight excluding hydrogens is 275 g/mol. The predicted octanol–water partition coefficient (Wildman–Crippen LogP) is 2.48. The van der Waals surface area contributed by atoms with E-state index in [1.165, 1.54) is 12.1 Å². The summed E-state index contributed by atoms with van der Waals surface area (Å²) < 4.78 is 12.9. The van der Waals surface area contributed by atoms with Gasteiger partial charge >= 0.3 is 0 Å². The van der Waals surface area contributed by atoms with Crippen molar-refractivity contribution in [3.63, 3.8) is 0 Å². The number of carbonyl (C=O) groups excluding carboxylic acids is 1.